The Morgan fingerprint density at radius 2 is 2.50 bits per heavy atom. The number of nitrogens with one attached hydrogen (secondary N) is 1. The summed E-state index contributed by atoms with van der Waals surface area (Å²) >= 11 is 0. The highest BCUT2D eigenvalue weighted by molar-refractivity contribution is 5.81. The Morgan fingerprint density at radius 3 is 2.62 bits per heavy atom. The molecule has 0 rings (SSSR count). The van der Waals surface area contributed by atoms with Crippen LogP contribution in [-0.2, 0) is 0 Å². The molecule has 0 aromatic heterocycles. The molecule has 0 saturated carbocycles. The van der Waals surface area contributed by atoms with Crippen molar-refractivity contribution in [1.82, 2.24) is 5.54 Å². The highest BCUT2D eigenvalue weighted by Gasteiger charge is 1.90. The average molecular weight is 120 g/mol. The van der Waals surface area contributed by atoms with Crippen LogP contribution < -0.4 is 5.54 Å². The van der Waals surface area contributed by atoms with Crippen molar-refractivity contribution in [3.63, 3.8) is 0 Å². The van der Waals surface area contributed by atoms with Crippen molar-refractivity contribution < 1.29 is 8.96 Å². The third-order valence-electron chi connectivity index (χ3n) is 0.549. The summed E-state index contributed by atoms with van der Waals surface area (Å²) in [6, 6.07) is 0. The van der Waals surface area contributed by atoms with Crippen molar-refractivity contribution in [2.24, 2.45) is 5.21 Å². The van der Waals surface area contributed by atoms with Gasteiger partial charge >= 0.3 is 0 Å². The molecule has 0 atom stereocenters. The summed E-state index contributed by atoms with van der Waals surface area (Å²) in [4.78, 5) is 0. The number of hydrogen-bond acceptors (Lipinski definition) is 1. The van der Waals surface area contributed by atoms with E-state index in [1.165, 1.54) is 6.08 Å². The van der Waals surface area contributed by atoms with Crippen molar-refractivity contribution in [3.8, 4) is 0 Å². The van der Waals surface area contributed by atoms with Gasteiger partial charge in [-0.3, -0.25) is 0 Å². The second kappa shape index (κ2) is 4.23. The second-order valence-electron chi connectivity index (χ2n) is 1.12. The van der Waals surface area contributed by atoms with Gasteiger partial charge in [-0.05, 0) is 0 Å². The van der Waals surface area contributed by atoms with E-state index in [4.69, 9.17) is 0 Å². The van der Waals surface area contributed by atoms with E-state index in [1.807, 2.05) is 0 Å². The average Bonchev–Trinajstić information content (AvgIpc) is 1.83. The SMILES string of the molecule is C=CC/C(=N/F)NF. The summed E-state index contributed by atoms with van der Waals surface area (Å²) < 4.78 is 22.3. The lowest BCUT2D eigenvalue weighted by atomic mass is 10.4. The Balaban J connectivity index is 3.53. The molecule has 0 fully saturated rings. The number of amidine groups is 1. The van der Waals surface area contributed by atoms with Gasteiger partial charge in [0.1, 0.15) is 0 Å². The topological polar surface area (TPSA) is 24.4 Å². The molecule has 0 spiro atoms. The minimum Gasteiger partial charge on any atom is -0.207 e. The number of halogens is 2. The molecule has 0 aliphatic heterocycles. The van der Waals surface area contributed by atoms with Crippen molar-refractivity contribution in [1.29, 1.82) is 0 Å². The summed E-state index contributed by atoms with van der Waals surface area (Å²) in [5.74, 6) is -0.361. The van der Waals surface area contributed by atoms with Crippen LogP contribution >= 0.6 is 0 Å². The highest BCUT2D eigenvalue weighted by atomic mass is 19.2. The van der Waals surface area contributed by atoms with Crippen LogP contribution in [0.2, 0.25) is 0 Å². The zero-order valence-electron chi connectivity index (χ0n) is 4.19. The van der Waals surface area contributed by atoms with E-state index in [0.29, 0.717) is 0 Å². The first kappa shape index (κ1) is 7.07. The van der Waals surface area contributed by atoms with Crippen LogP contribution in [0.25, 0.3) is 0 Å². The van der Waals surface area contributed by atoms with E-state index in [2.05, 4.69) is 11.8 Å². The molecule has 2 nitrogen and oxygen atoms in total. The van der Waals surface area contributed by atoms with E-state index in [-0.39, 0.29) is 12.3 Å². The fraction of sp³-hybridized carbons (Fsp3) is 0.250. The zero-order chi connectivity index (χ0) is 6.41. The van der Waals surface area contributed by atoms with Gasteiger partial charge in [-0.15, -0.1) is 11.1 Å². The Morgan fingerprint density at radius 1 is 1.88 bits per heavy atom. The van der Waals surface area contributed by atoms with E-state index in [0.717, 1.165) is 5.54 Å². The lowest BCUT2D eigenvalue weighted by molar-refractivity contribution is 0.414. The third-order valence-corrected chi connectivity index (χ3v) is 0.549. The molecule has 0 aliphatic carbocycles. The van der Waals surface area contributed by atoms with Crippen molar-refractivity contribution in [2.45, 2.75) is 6.42 Å². The first-order valence-corrected chi connectivity index (χ1v) is 2.00. The van der Waals surface area contributed by atoms with Crippen LogP contribution in [0.4, 0.5) is 8.96 Å². The minimum absolute atomic E-state index is 0.0764. The Bertz CT molecular complexity index is 100. The standard InChI is InChI=1S/C4H6F2N2/c1-2-3-4(7-5)8-6/h2H,1,3H2,(H,7,8). The van der Waals surface area contributed by atoms with Crippen LogP contribution in [0.1, 0.15) is 6.42 Å². The molecule has 0 amide bonds. The first-order chi connectivity index (χ1) is 3.85. The van der Waals surface area contributed by atoms with E-state index in [1.54, 1.807) is 0 Å². The van der Waals surface area contributed by atoms with E-state index >= 15 is 0 Å². The molecule has 0 aromatic rings. The molecular formula is C4H6F2N2. The Kier molecular flexibility index (Phi) is 3.74. The molecule has 46 valence electrons. The molecule has 0 saturated heterocycles. The third kappa shape index (κ3) is 2.28. The van der Waals surface area contributed by atoms with Gasteiger partial charge in [-0.25, -0.2) is 5.54 Å². The Labute approximate surface area is 45.8 Å². The fourth-order valence-electron chi connectivity index (χ4n) is 0.226. The summed E-state index contributed by atoms with van der Waals surface area (Å²) in [6.07, 6.45) is 1.41. The molecule has 0 aromatic carbocycles. The van der Waals surface area contributed by atoms with Gasteiger partial charge in [0.2, 0.25) is 0 Å². The van der Waals surface area contributed by atoms with Gasteiger partial charge in [-0.2, -0.15) is 0 Å². The minimum atomic E-state index is -0.361. The first-order valence-electron chi connectivity index (χ1n) is 2.00. The molecule has 0 radical (unpaired) electrons. The van der Waals surface area contributed by atoms with Gasteiger partial charge in [0, 0.05) is 6.42 Å². The summed E-state index contributed by atoms with van der Waals surface area (Å²) in [5, 5.41) is 2.06. The van der Waals surface area contributed by atoms with Gasteiger partial charge in [0.15, 0.2) is 5.84 Å². The van der Waals surface area contributed by atoms with Crippen LogP contribution in [0, 0.1) is 0 Å². The fourth-order valence-corrected chi connectivity index (χ4v) is 0.226. The second-order valence-corrected chi connectivity index (χ2v) is 1.12. The molecular weight excluding hydrogens is 114 g/mol. The number of nitrogens with zero attached hydrogens (tertiary/aromatic N) is 1. The largest absolute Gasteiger partial charge is 0.207 e. The van der Waals surface area contributed by atoms with Crippen LogP contribution in [-0.4, -0.2) is 5.84 Å². The number of hydrogen-bond donors (Lipinski definition) is 1. The van der Waals surface area contributed by atoms with Crippen molar-refractivity contribution in [3.05, 3.63) is 12.7 Å². The van der Waals surface area contributed by atoms with Gasteiger partial charge in [-0.1, -0.05) is 15.8 Å². The predicted octanol–water partition coefficient (Wildman–Crippen LogP) is 1.32. The maximum Gasteiger partial charge on any atom is 0.167 e. The van der Waals surface area contributed by atoms with E-state index < -0.39 is 0 Å². The summed E-state index contributed by atoms with van der Waals surface area (Å²) in [7, 11) is 0. The molecule has 0 bridgehead atoms. The molecule has 8 heavy (non-hydrogen) atoms. The maximum absolute atomic E-state index is 11.2. The monoisotopic (exact) mass is 120 g/mol. The lowest BCUT2D eigenvalue weighted by Gasteiger charge is -1.89. The van der Waals surface area contributed by atoms with Crippen molar-refractivity contribution in [2.75, 3.05) is 0 Å². The zero-order valence-corrected chi connectivity index (χ0v) is 4.19. The van der Waals surface area contributed by atoms with Crippen LogP contribution in [0.3, 0.4) is 0 Å². The molecule has 4 heteroatoms. The maximum atomic E-state index is 11.2. The quantitative estimate of drug-likeness (QED) is 0.253. The van der Waals surface area contributed by atoms with Gasteiger partial charge in [0.25, 0.3) is 0 Å². The number of rotatable bonds is 2. The normalized spacial score (nSPS) is 11.0. The highest BCUT2D eigenvalue weighted by Crippen LogP contribution is 1.84. The molecule has 0 heterocycles. The van der Waals surface area contributed by atoms with Crippen molar-refractivity contribution >= 4 is 5.84 Å². The van der Waals surface area contributed by atoms with E-state index in [9.17, 15) is 8.96 Å². The van der Waals surface area contributed by atoms with Crippen LogP contribution in [0.5, 0.6) is 0 Å². The smallest absolute Gasteiger partial charge is 0.167 e. The Hall–Kier alpha value is -0.930. The summed E-state index contributed by atoms with van der Waals surface area (Å²) in [6.45, 7) is 3.24. The van der Waals surface area contributed by atoms with Gasteiger partial charge in [0.05, 0.1) is 0 Å². The van der Waals surface area contributed by atoms with Gasteiger partial charge < -0.3 is 0 Å². The molecule has 1 N–H and O–H groups in total. The molecule has 0 aliphatic rings. The van der Waals surface area contributed by atoms with Crippen LogP contribution in [0.15, 0.2) is 17.9 Å². The summed E-state index contributed by atoms with van der Waals surface area (Å²) in [5.41, 5.74) is 1.06. The molecule has 0 unspecified atom stereocenters. The lowest BCUT2D eigenvalue weighted by Crippen LogP contribution is -2.11. The predicted molar refractivity (Wildman–Crippen MR) is 27.6 cm³/mol.